The molecule has 66 valence electrons. The molecule has 0 aromatic heterocycles. The Morgan fingerprint density at radius 2 is 1.83 bits per heavy atom. The number of carbonyl (C=O) groups excluding carboxylic acids is 2. The Hall–Kier alpha value is -1.39. The van der Waals surface area contributed by atoms with E-state index in [1.54, 1.807) is 0 Å². The van der Waals surface area contributed by atoms with E-state index in [2.05, 4.69) is 0 Å². The molecule has 1 saturated heterocycles. The van der Waals surface area contributed by atoms with Gasteiger partial charge < -0.3 is 5.11 Å². The molecule has 2 amide bonds. The van der Waals surface area contributed by atoms with Crippen molar-refractivity contribution in [2.45, 2.75) is 25.8 Å². The van der Waals surface area contributed by atoms with Gasteiger partial charge in [0.25, 0.3) is 0 Å². The third-order valence-electron chi connectivity index (χ3n) is 1.83. The predicted octanol–water partition coefficient (Wildman–Crippen LogP) is -0.391. The maximum absolute atomic E-state index is 11.0. The lowest BCUT2D eigenvalue weighted by Gasteiger charge is -2.17. The van der Waals surface area contributed by atoms with Crippen molar-refractivity contribution in [1.82, 2.24) is 4.90 Å². The van der Waals surface area contributed by atoms with Crippen LogP contribution in [-0.2, 0) is 14.4 Å². The molecule has 1 unspecified atom stereocenters. The van der Waals surface area contributed by atoms with Crippen molar-refractivity contribution >= 4 is 17.8 Å². The summed E-state index contributed by atoms with van der Waals surface area (Å²) in [6.45, 7) is 1.32. The summed E-state index contributed by atoms with van der Waals surface area (Å²) >= 11 is 0. The zero-order chi connectivity index (χ0) is 9.30. The predicted molar refractivity (Wildman–Crippen MR) is 38.2 cm³/mol. The highest BCUT2D eigenvalue weighted by Gasteiger charge is 2.35. The number of carboxylic acid groups (broad SMARTS) is 1. The highest BCUT2D eigenvalue weighted by Crippen LogP contribution is 2.14. The molecular formula is C7H9NO4. The molecule has 0 radical (unpaired) electrons. The van der Waals surface area contributed by atoms with Crippen LogP contribution in [-0.4, -0.2) is 33.8 Å². The summed E-state index contributed by atoms with van der Waals surface area (Å²) in [7, 11) is 0. The number of carbonyl (C=O) groups is 3. The molecule has 1 aliphatic rings. The fourth-order valence-electron chi connectivity index (χ4n) is 1.14. The minimum absolute atomic E-state index is 0.135. The highest BCUT2D eigenvalue weighted by molar-refractivity contribution is 6.04. The largest absolute Gasteiger partial charge is 0.480 e. The number of carboxylic acids is 1. The monoisotopic (exact) mass is 171 g/mol. The van der Waals surface area contributed by atoms with Crippen molar-refractivity contribution in [3.8, 4) is 0 Å². The molecule has 0 saturated carbocycles. The zero-order valence-corrected chi connectivity index (χ0v) is 6.61. The molecule has 1 fully saturated rings. The van der Waals surface area contributed by atoms with Gasteiger partial charge in [-0.25, -0.2) is 4.79 Å². The molecule has 0 bridgehead atoms. The van der Waals surface area contributed by atoms with Crippen LogP contribution in [0.2, 0.25) is 0 Å². The first-order valence-corrected chi connectivity index (χ1v) is 3.61. The molecule has 1 rings (SSSR count). The molecule has 1 N–H and O–H groups in total. The fourth-order valence-corrected chi connectivity index (χ4v) is 1.14. The van der Waals surface area contributed by atoms with E-state index in [0.29, 0.717) is 0 Å². The lowest BCUT2D eigenvalue weighted by Crippen LogP contribution is -2.42. The first kappa shape index (κ1) is 8.70. The van der Waals surface area contributed by atoms with E-state index in [9.17, 15) is 14.4 Å². The van der Waals surface area contributed by atoms with Crippen molar-refractivity contribution in [2.24, 2.45) is 0 Å². The van der Waals surface area contributed by atoms with Gasteiger partial charge in [-0.05, 0) is 6.92 Å². The van der Waals surface area contributed by atoms with E-state index in [4.69, 9.17) is 5.11 Å². The summed E-state index contributed by atoms with van der Waals surface area (Å²) in [5.74, 6) is -1.94. The van der Waals surface area contributed by atoms with Crippen molar-refractivity contribution in [3.63, 3.8) is 0 Å². The van der Waals surface area contributed by atoms with Gasteiger partial charge in [-0.2, -0.15) is 0 Å². The maximum Gasteiger partial charge on any atom is 0.326 e. The second-order valence-corrected chi connectivity index (χ2v) is 2.67. The van der Waals surface area contributed by atoms with E-state index in [0.717, 1.165) is 4.90 Å². The number of amides is 2. The van der Waals surface area contributed by atoms with Crippen LogP contribution >= 0.6 is 0 Å². The second-order valence-electron chi connectivity index (χ2n) is 2.67. The van der Waals surface area contributed by atoms with Crippen LogP contribution in [0.4, 0.5) is 0 Å². The highest BCUT2D eigenvalue weighted by atomic mass is 16.4. The quantitative estimate of drug-likeness (QED) is 0.574. The van der Waals surface area contributed by atoms with E-state index < -0.39 is 23.8 Å². The summed E-state index contributed by atoms with van der Waals surface area (Å²) in [4.78, 5) is 33.2. The molecule has 0 aliphatic carbocycles. The van der Waals surface area contributed by atoms with E-state index in [1.807, 2.05) is 0 Å². The van der Waals surface area contributed by atoms with Gasteiger partial charge in [-0.3, -0.25) is 14.5 Å². The van der Waals surface area contributed by atoms with Crippen LogP contribution in [0.3, 0.4) is 0 Å². The van der Waals surface area contributed by atoms with Gasteiger partial charge in [0.15, 0.2) is 0 Å². The van der Waals surface area contributed by atoms with Gasteiger partial charge in [-0.15, -0.1) is 0 Å². The average Bonchev–Trinajstić information content (AvgIpc) is 2.30. The van der Waals surface area contributed by atoms with Gasteiger partial charge in [0.05, 0.1) is 0 Å². The van der Waals surface area contributed by atoms with Crippen molar-refractivity contribution < 1.29 is 19.5 Å². The summed E-state index contributed by atoms with van der Waals surface area (Å²) in [5.41, 5.74) is 0. The summed E-state index contributed by atoms with van der Waals surface area (Å²) in [6.07, 6.45) is 0.271. The lowest BCUT2D eigenvalue weighted by molar-refractivity contribution is -0.153. The normalized spacial score (nSPS) is 19.9. The fraction of sp³-hybridized carbons (Fsp3) is 0.571. The van der Waals surface area contributed by atoms with Crippen molar-refractivity contribution in [3.05, 3.63) is 0 Å². The Kier molecular flexibility index (Phi) is 2.12. The summed E-state index contributed by atoms with van der Waals surface area (Å²) < 4.78 is 0. The van der Waals surface area contributed by atoms with Gasteiger partial charge in [0.2, 0.25) is 11.8 Å². The Bertz CT molecular complexity index is 232. The second kappa shape index (κ2) is 2.92. The third kappa shape index (κ3) is 1.30. The van der Waals surface area contributed by atoms with Crippen molar-refractivity contribution in [1.29, 1.82) is 0 Å². The van der Waals surface area contributed by atoms with Crippen LogP contribution in [0.5, 0.6) is 0 Å². The molecule has 12 heavy (non-hydrogen) atoms. The Morgan fingerprint density at radius 1 is 1.42 bits per heavy atom. The number of imide groups is 1. The van der Waals surface area contributed by atoms with E-state index in [1.165, 1.54) is 6.92 Å². The van der Waals surface area contributed by atoms with Gasteiger partial charge in [0, 0.05) is 12.8 Å². The van der Waals surface area contributed by atoms with Crippen molar-refractivity contribution in [2.75, 3.05) is 0 Å². The Balaban J connectivity index is 2.79. The Labute approximate surface area is 69.0 Å². The number of nitrogens with zero attached hydrogens (tertiary/aromatic N) is 1. The van der Waals surface area contributed by atoms with Gasteiger partial charge >= 0.3 is 5.97 Å². The minimum atomic E-state index is -1.15. The molecule has 1 atom stereocenters. The molecule has 1 heterocycles. The van der Waals surface area contributed by atoms with Crippen LogP contribution in [0, 0.1) is 0 Å². The molecule has 5 nitrogen and oxygen atoms in total. The SMILES string of the molecule is CC(C(=O)O)N1C(=O)CCC1=O. The van der Waals surface area contributed by atoms with Crippen LogP contribution in [0.25, 0.3) is 0 Å². The zero-order valence-electron chi connectivity index (χ0n) is 6.61. The topological polar surface area (TPSA) is 74.7 Å². The number of rotatable bonds is 2. The standard InChI is InChI=1S/C7H9NO4/c1-4(7(11)12)8-5(9)2-3-6(8)10/h4H,2-3H2,1H3,(H,11,12). The van der Waals surface area contributed by atoms with Crippen LogP contribution in [0.1, 0.15) is 19.8 Å². The smallest absolute Gasteiger partial charge is 0.326 e. The third-order valence-corrected chi connectivity index (χ3v) is 1.83. The number of hydrogen-bond donors (Lipinski definition) is 1. The van der Waals surface area contributed by atoms with Crippen LogP contribution < -0.4 is 0 Å². The molecule has 1 aliphatic heterocycles. The summed E-state index contributed by atoms with van der Waals surface area (Å²) in [5, 5.41) is 8.53. The molecule has 0 aromatic carbocycles. The summed E-state index contributed by atoms with van der Waals surface area (Å²) in [6, 6.07) is -1.03. The Morgan fingerprint density at radius 3 is 2.17 bits per heavy atom. The van der Waals surface area contributed by atoms with Gasteiger partial charge in [0.1, 0.15) is 6.04 Å². The van der Waals surface area contributed by atoms with E-state index >= 15 is 0 Å². The first-order valence-electron chi connectivity index (χ1n) is 3.61. The first-order chi connectivity index (χ1) is 5.54. The molecule has 5 heteroatoms. The van der Waals surface area contributed by atoms with Gasteiger partial charge in [-0.1, -0.05) is 0 Å². The minimum Gasteiger partial charge on any atom is -0.480 e. The number of hydrogen-bond acceptors (Lipinski definition) is 3. The molecular weight excluding hydrogens is 162 g/mol. The van der Waals surface area contributed by atoms with E-state index in [-0.39, 0.29) is 12.8 Å². The molecule has 0 aromatic rings. The number of aliphatic carboxylic acids is 1. The maximum atomic E-state index is 11.0. The average molecular weight is 171 g/mol. The number of likely N-dealkylation sites (tertiary alicyclic amines) is 1. The molecule has 0 spiro atoms. The lowest BCUT2D eigenvalue weighted by atomic mass is 10.3. The van der Waals surface area contributed by atoms with Crippen LogP contribution in [0.15, 0.2) is 0 Å².